The third-order valence-corrected chi connectivity index (χ3v) is 1.24. The highest BCUT2D eigenvalue weighted by molar-refractivity contribution is 4.92. The van der Waals surface area contributed by atoms with Gasteiger partial charge in [0, 0.05) is 6.04 Å². The molecule has 2 nitrogen and oxygen atoms in total. The Morgan fingerprint density at radius 1 is 1.78 bits per heavy atom. The monoisotopic (exact) mass is 124 g/mol. The SMILES string of the molecule is C=CC(CC#N)N(C)C. The van der Waals surface area contributed by atoms with E-state index < -0.39 is 0 Å². The number of rotatable bonds is 3. The van der Waals surface area contributed by atoms with Crippen LogP contribution in [-0.4, -0.2) is 25.0 Å². The zero-order valence-electron chi connectivity index (χ0n) is 5.96. The van der Waals surface area contributed by atoms with Crippen LogP contribution < -0.4 is 0 Å². The molecule has 0 aliphatic carbocycles. The van der Waals surface area contributed by atoms with Crippen LogP contribution in [-0.2, 0) is 0 Å². The lowest BCUT2D eigenvalue weighted by atomic mass is 10.2. The van der Waals surface area contributed by atoms with Crippen molar-refractivity contribution in [2.45, 2.75) is 12.5 Å². The van der Waals surface area contributed by atoms with Gasteiger partial charge in [0.1, 0.15) is 0 Å². The van der Waals surface area contributed by atoms with Gasteiger partial charge in [0.25, 0.3) is 0 Å². The van der Waals surface area contributed by atoms with Gasteiger partial charge in [-0.1, -0.05) is 6.08 Å². The molecule has 0 radical (unpaired) electrons. The zero-order chi connectivity index (χ0) is 7.28. The van der Waals surface area contributed by atoms with E-state index in [-0.39, 0.29) is 6.04 Å². The zero-order valence-corrected chi connectivity index (χ0v) is 5.96. The van der Waals surface area contributed by atoms with E-state index >= 15 is 0 Å². The van der Waals surface area contributed by atoms with Crippen molar-refractivity contribution >= 4 is 0 Å². The van der Waals surface area contributed by atoms with Crippen molar-refractivity contribution in [2.24, 2.45) is 0 Å². The molecule has 0 aromatic rings. The van der Waals surface area contributed by atoms with Gasteiger partial charge in [-0.15, -0.1) is 6.58 Å². The minimum atomic E-state index is 0.204. The fourth-order valence-electron chi connectivity index (χ4n) is 0.570. The summed E-state index contributed by atoms with van der Waals surface area (Å²) in [5.41, 5.74) is 0. The van der Waals surface area contributed by atoms with Crippen molar-refractivity contribution in [3.05, 3.63) is 12.7 Å². The van der Waals surface area contributed by atoms with Crippen molar-refractivity contribution in [2.75, 3.05) is 14.1 Å². The van der Waals surface area contributed by atoms with Crippen molar-refractivity contribution < 1.29 is 0 Å². The molecule has 0 aliphatic heterocycles. The molecular weight excluding hydrogens is 112 g/mol. The van der Waals surface area contributed by atoms with Crippen LogP contribution in [0.2, 0.25) is 0 Å². The minimum Gasteiger partial charge on any atom is -0.302 e. The van der Waals surface area contributed by atoms with Gasteiger partial charge in [-0.2, -0.15) is 5.26 Å². The summed E-state index contributed by atoms with van der Waals surface area (Å²) in [5.74, 6) is 0. The minimum absolute atomic E-state index is 0.204. The molecule has 1 unspecified atom stereocenters. The average Bonchev–Trinajstić information content (AvgIpc) is 1.82. The van der Waals surface area contributed by atoms with E-state index in [0.29, 0.717) is 6.42 Å². The summed E-state index contributed by atoms with van der Waals surface area (Å²) in [6, 6.07) is 2.29. The first-order valence-corrected chi connectivity index (χ1v) is 2.88. The smallest absolute Gasteiger partial charge is 0.0641 e. The fourth-order valence-corrected chi connectivity index (χ4v) is 0.570. The third kappa shape index (κ3) is 2.89. The predicted molar refractivity (Wildman–Crippen MR) is 37.9 cm³/mol. The van der Waals surface area contributed by atoms with Gasteiger partial charge in [0.05, 0.1) is 12.5 Å². The molecule has 0 fully saturated rings. The maximum absolute atomic E-state index is 8.29. The Morgan fingerprint density at radius 3 is 2.44 bits per heavy atom. The molecule has 0 heterocycles. The van der Waals surface area contributed by atoms with E-state index in [0.717, 1.165) is 0 Å². The second kappa shape index (κ2) is 4.11. The lowest BCUT2D eigenvalue weighted by Crippen LogP contribution is -2.24. The van der Waals surface area contributed by atoms with Crippen LogP contribution in [0.25, 0.3) is 0 Å². The Balaban J connectivity index is 3.71. The normalized spacial score (nSPS) is 12.7. The van der Waals surface area contributed by atoms with Crippen molar-refractivity contribution in [1.29, 1.82) is 5.26 Å². The van der Waals surface area contributed by atoms with Gasteiger partial charge in [-0.25, -0.2) is 0 Å². The molecule has 0 aromatic heterocycles. The second-order valence-electron chi connectivity index (χ2n) is 2.13. The van der Waals surface area contributed by atoms with Crippen LogP contribution in [0.4, 0.5) is 0 Å². The van der Waals surface area contributed by atoms with E-state index in [1.807, 2.05) is 19.0 Å². The van der Waals surface area contributed by atoms with Gasteiger partial charge in [-0.3, -0.25) is 0 Å². The summed E-state index contributed by atoms with van der Waals surface area (Å²) >= 11 is 0. The van der Waals surface area contributed by atoms with Crippen LogP contribution in [0, 0.1) is 11.3 Å². The molecule has 1 atom stereocenters. The van der Waals surface area contributed by atoms with Crippen LogP contribution >= 0.6 is 0 Å². The van der Waals surface area contributed by atoms with Crippen LogP contribution in [0.3, 0.4) is 0 Å². The topological polar surface area (TPSA) is 27.0 Å². The highest BCUT2D eigenvalue weighted by Gasteiger charge is 2.03. The molecule has 0 bridgehead atoms. The molecule has 0 aliphatic rings. The van der Waals surface area contributed by atoms with Crippen molar-refractivity contribution in [3.8, 4) is 6.07 Å². The largest absolute Gasteiger partial charge is 0.302 e. The van der Waals surface area contributed by atoms with Crippen molar-refractivity contribution in [1.82, 2.24) is 4.90 Å². The van der Waals surface area contributed by atoms with Crippen molar-refractivity contribution in [3.63, 3.8) is 0 Å². The first kappa shape index (κ1) is 8.19. The average molecular weight is 124 g/mol. The highest BCUT2D eigenvalue weighted by Crippen LogP contribution is 1.97. The quantitative estimate of drug-likeness (QED) is 0.525. The molecule has 50 valence electrons. The first-order valence-electron chi connectivity index (χ1n) is 2.88. The van der Waals surface area contributed by atoms with E-state index in [1.165, 1.54) is 0 Å². The van der Waals surface area contributed by atoms with E-state index in [4.69, 9.17) is 5.26 Å². The number of nitriles is 1. The third-order valence-electron chi connectivity index (χ3n) is 1.24. The van der Waals surface area contributed by atoms with Crippen LogP contribution in [0.1, 0.15) is 6.42 Å². The summed E-state index contributed by atoms with van der Waals surface area (Å²) in [6.45, 7) is 3.61. The number of nitrogens with zero attached hydrogens (tertiary/aromatic N) is 2. The molecule has 0 N–H and O–H groups in total. The molecule has 0 spiro atoms. The maximum Gasteiger partial charge on any atom is 0.0641 e. The fraction of sp³-hybridized carbons (Fsp3) is 0.571. The molecule has 0 saturated heterocycles. The molecule has 2 heteroatoms. The molecule has 0 rings (SSSR count). The van der Waals surface area contributed by atoms with Gasteiger partial charge in [-0.05, 0) is 14.1 Å². The molecule has 0 aromatic carbocycles. The Kier molecular flexibility index (Phi) is 3.74. The van der Waals surface area contributed by atoms with Gasteiger partial charge in [0.15, 0.2) is 0 Å². The Hall–Kier alpha value is -0.810. The predicted octanol–water partition coefficient (Wildman–Crippen LogP) is 1.02. The molecule has 9 heavy (non-hydrogen) atoms. The summed E-state index contributed by atoms with van der Waals surface area (Å²) in [4.78, 5) is 1.97. The van der Waals surface area contributed by atoms with E-state index in [2.05, 4.69) is 12.6 Å². The lowest BCUT2D eigenvalue weighted by Gasteiger charge is -2.16. The summed E-state index contributed by atoms with van der Waals surface area (Å²) in [7, 11) is 3.87. The Labute approximate surface area is 56.4 Å². The molecule has 0 saturated carbocycles. The lowest BCUT2D eigenvalue weighted by molar-refractivity contribution is 0.348. The standard InChI is InChI=1S/C7H12N2/c1-4-7(5-6-8)9(2)3/h4,7H,1,5H2,2-3H3. The van der Waals surface area contributed by atoms with E-state index in [1.54, 1.807) is 6.08 Å². The number of likely N-dealkylation sites (N-methyl/N-ethyl adjacent to an activating group) is 1. The number of hydrogen-bond acceptors (Lipinski definition) is 2. The van der Waals surface area contributed by atoms with E-state index in [9.17, 15) is 0 Å². The summed E-state index contributed by atoms with van der Waals surface area (Å²) in [5, 5.41) is 8.29. The first-order chi connectivity index (χ1) is 4.22. The maximum atomic E-state index is 8.29. The van der Waals surface area contributed by atoms with Gasteiger partial charge < -0.3 is 4.90 Å². The summed E-state index contributed by atoms with van der Waals surface area (Å²) < 4.78 is 0. The highest BCUT2D eigenvalue weighted by atomic mass is 15.1. The molecular formula is C7H12N2. The Bertz CT molecular complexity index is 121. The summed E-state index contributed by atoms with van der Waals surface area (Å²) in [6.07, 6.45) is 2.31. The Morgan fingerprint density at radius 2 is 2.33 bits per heavy atom. The van der Waals surface area contributed by atoms with Crippen LogP contribution in [0.15, 0.2) is 12.7 Å². The second-order valence-corrected chi connectivity index (χ2v) is 2.13. The van der Waals surface area contributed by atoms with Gasteiger partial charge in [0.2, 0.25) is 0 Å². The van der Waals surface area contributed by atoms with Crippen LogP contribution in [0.5, 0.6) is 0 Å². The van der Waals surface area contributed by atoms with Gasteiger partial charge >= 0.3 is 0 Å². The molecule has 0 amide bonds. The number of hydrogen-bond donors (Lipinski definition) is 0.